The molecule has 0 unspecified atom stereocenters. The molecule has 0 bridgehead atoms. The van der Waals surface area contributed by atoms with Crippen LogP contribution in [0.25, 0.3) is 16.7 Å². The number of nitriles is 1. The fourth-order valence-corrected chi connectivity index (χ4v) is 5.18. The van der Waals surface area contributed by atoms with E-state index in [-0.39, 0.29) is 5.56 Å². The van der Waals surface area contributed by atoms with Crippen molar-refractivity contribution in [2.75, 3.05) is 44.7 Å². The third kappa shape index (κ3) is 4.18. The first-order chi connectivity index (χ1) is 17.5. The van der Waals surface area contributed by atoms with Gasteiger partial charge < -0.3 is 14.2 Å². The van der Waals surface area contributed by atoms with E-state index in [2.05, 4.69) is 20.9 Å². The summed E-state index contributed by atoms with van der Waals surface area (Å²) < 4.78 is 9.11. The van der Waals surface area contributed by atoms with Crippen molar-refractivity contribution < 1.29 is 4.74 Å². The summed E-state index contributed by atoms with van der Waals surface area (Å²) in [5, 5.41) is 9.42. The smallest absolute Gasteiger partial charge is 0.277 e. The zero-order chi connectivity index (χ0) is 25.2. The molecule has 0 saturated carbocycles. The van der Waals surface area contributed by atoms with Gasteiger partial charge in [-0.25, -0.2) is 4.98 Å². The van der Waals surface area contributed by atoms with Crippen molar-refractivity contribution in [2.45, 2.75) is 33.2 Å². The first kappa shape index (κ1) is 23.8. The number of rotatable bonds is 7. The minimum atomic E-state index is -0.0305. The maximum Gasteiger partial charge on any atom is 0.277 e. The van der Waals surface area contributed by atoms with Crippen LogP contribution in [-0.2, 0) is 13.0 Å². The number of imidazole rings is 1. The predicted molar refractivity (Wildman–Crippen MR) is 140 cm³/mol. The number of nitrogens with zero attached hydrogens (tertiary/aromatic N) is 7. The van der Waals surface area contributed by atoms with Gasteiger partial charge in [0.25, 0.3) is 5.56 Å². The molecule has 1 saturated heterocycles. The van der Waals surface area contributed by atoms with Gasteiger partial charge in [0.15, 0.2) is 5.65 Å². The van der Waals surface area contributed by atoms with Crippen molar-refractivity contribution in [3.63, 3.8) is 0 Å². The van der Waals surface area contributed by atoms with Crippen molar-refractivity contribution in [3.05, 3.63) is 63.8 Å². The molecule has 0 radical (unpaired) electrons. The van der Waals surface area contributed by atoms with E-state index < -0.39 is 0 Å². The molecule has 1 aliphatic rings. The van der Waals surface area contributed by atoms with Crippen LogP contribution in [0.5, 0.6) is 5.88 Å². The standard InChI is InChI=1S/C27H31N7O2/c1-4-23-29-19(2)25-27(35)33(22-10-11-24(36-3)30-26(22)34(23)25)13-7-12-31-14-16-32(17-15-31)21-9-6-5-8-20(21)18-28/h5-6,8-11H,4,7,12-17H2,1-3H3. The van der Waals surface area contributed by atoms with E-state index in [1.54, 1.807) is 13.2 Å². The molecule has 0 aliphatic carbocycles. The molecule has 3 aromatic heterocycles. The molecular weight excluding hydrogens is 454 g/mol. The van der Waals surface area contributed by atoms with Gasteiger partial charge in [-0.1, -0.05) is 19.1 Å². The van der Waals surface area contributed by atoms with Gasteiger partial charge in [-0.05, 0) is 38.1 Å². The minimum absolute atomic E-state index is 0.0305. The zero-order valence-corrected chi connectivity index (χ0v) is 21.1. The third-order valence-electron chi connectivity index (χ3n) is 7.02. The lowest BCUT2D eigenvalue weighted by molar-refractivity contribution is 0.250. The molecule has 1 aromatic carbocycles. The number of piperazine rings is 1. The lowest BCUT2D eigenvalue weighted by atomic mass is 10.1. The Morgan fingerprint density at radius 3 is 2.56 bits per heavy atom. The van der Waals surface area contributed by atoms with Crippen molar-refractivity contribution in [3.8, 4) is 11.9 Å². The van der Waals surface area contributed by atoms with E-state index in [0.717, 1.165) is 67.4 Å². The number of aryl methyl sites for hydroxylation is 3. The van der Waals surface area contributed by atoms with E-state index in [0.29, 0.717) is 30.0 Å². The van der Waals surface area contributed by atoms with Gasteiger partial charge in [-0.3, -0.25) is 14.1 Å². The summed E-state index contributed by atoms with van der Waals surface area (Å²) in [5.41, 5.74) is 4.51. The van der Waals surface area contributed by atoms with Crippen LogP contribution in [0.3, 0.4) is 0 Å². The van der Waals surface area contributed by atoms with E-state index >= 15 is 0 Å². The number of fused-ring (bicyclic) bond motifs is 3. The molecule has 9 heteroatoms. The van der Waals surface area contributed by atoms with Crippen LogP contribution in [0.2, 0.25) is 0 Å². The van der Waals surface area contributed by atoms with E-state index in [1.807, 2.05) is 53.1 Å². The third-order valence-corrected chi connectivity index (χ3v) is 7.02. The molecule has 5 rings (SSSR count). The summed E-state index contributed by atoms with van der Waals surface area (Å²) in [5.74, 6) is 1.34. The van der Waals surface area contributed by atoms with Crippen molar-refractivity contribution >= 4 is 22.4 Å². The lowest BCUT2D eigenvalue weighted by Crippen LogP contribution is -2.47. The zero-order valence-electron chi connectivity index (χ0n) is 21.1. The predicted octanol–water partition coefficient (Wildman–Crippen LogP) is 3.01. The second-order valence-corrected chi connectivity index (χ2v) is 9.12. The first-order valence-electron chi connectivity index (χ1n) is 12.5. The van der Waals surface area contributed by atoms with Crippen LogP contribution in [0, 0.1) is 18.3 Å². The molecule has 36 heavy (non-hydrogen) atoms. The highest BCUT2D eigenvalue weighted by Gasteiger charge is 2.21. The second-order valence-electron chi connectivity index (χ2n) is 9.12. The molecule has 0 N–H and O–H groups in total. The van der Waals surface area contributed by atoms with Gasteiger partial charge >= 0.3 is 0 Å². The molecule has 4 heterocycles. The molecule has 186 valence electrons. The molecule has 0 spiro atoms. The van der Waals surface area contributed by atoms with Crippen molar-refractivity contribution in [1.82, 2.24) is 23.8 Å². The van der Waals surface area contributed by atoms with E-state index in [1.165, 1.54) is 0 Å². The summed E-state index contributed by atoms with van der Waals surface area (Å²) in [6.45, 7) is 9.03. The Morgan fingerprint density at radius 2 is 1.83 bits per heavy atom. The lowest BCUT2D eigenvalue weighted by Gasteiger charge is -2.36. The van der Waals surface area contributed by atoms with Crippen molar-refractivity contribution in [1.29, 1.82) is 5.26 Å². The van der Waals surface area contributed by atoms with Gasteiger partial charge in [-0.15, -0.1) is 0 Å². The Hall–Kier alpha value is -3.90. The molecule has 9 nitrogen and oxygen atoms in total. The fourth-order valence-electron chi connectivity index (χ4n) is 5.18. The maximum atomic E-state index is 13.6. The first-order valence-corrected chi connectivity index (χ1v) is 12.5. The van der Waals surface area contributed by atoms with Gasteiger partial charge in [0.05, 0.1) is 29.6 Å². The average Bonchev–Trinajstić information content (AvgIpc) is 3.27. The van der Waals surface area contributed by atoms with Crippen LogP contribution in [0.1, 0.15) is 30.4 Å². The summed E-state index contributed by atoms with van der Waals surface area (Å²) in [6, 6.07) is 13.8. The number of hydrogen-bond donors (Lipinski definition) is 0. The normalized spacial score (nSPS) is 14.4. The average molecular weight is 486 g/mol. The number of pyridine rings is 1. The van der Waals surface area contributed by atoms with Crippen LogP contribution >= 0.6 is 0 Å². The summed E-state index contributed by atoms with van der Waals surface area (Å²) in [4.78, 5) is 27.6. The summed E-state index contributed by atoms with van der Waals surface area (Å²) in [7, 11) is 1.60. The van der Waals surface area contributed by atoms with Gasteiger partial charge in [0.2, 0.25) is 5.88 Å². The monoisotopic (exact) mass is 485 g/mol. The quantitative estimate of drug-likeness (QED) is 0.397. The Labute approximate surface area is 210 Å². The number of aromatic nitrogens is 4. The number of anilines is 1. The van der Waals surface area contributed by atoms with Gasteiger partial charge in [0.1, 0.15) is 17.4 Å². The molecule has 4 aromatic rings. The maximum absolute atomic E-state index is 13.6. The minimum Gasteiger partial charge on any atom is -0.481 e. The fraction of sp³-hybridized carbons (Fsp3) is 0.407. The van der Waals surface area contributed by atoms with Crippen LogP contribution < -0.4 is 15.2 Å². The Morgan fingerprint density at radius 1 is 1.06 bits per heavy atom. The summed E-state index contributed by atoms with van der Waals surface area (Å²) in [6.07, 6.45) is 1.55. The van der Waals surface area contributed by atoms with Crippen molar-refractivity contribution in [2.24, 2.45) is 0 Å². The van der Waals surface area contributed by atoms with Gasteiger partial charge in [-0.2, -0.15) is 10.2 Å². The molecule has 1 fully saturated rings. The second kappa shape index (κ2) is 9.99. The highest BCUT2D eigenvalue weighted by atomic mass is 16.5. The number of hydrogen-bond acceptors (Lipinski definition) is 7. The van der Waals surface area contributed by atoms with Crippen LogP contribution in [-0.4, -0.2) is 63.7 Å². The highest BCUT2D eigenvalue weighted by Crippen LogP contribution is 2.22. The Bertz CT molecular complexity index is 1510. The van der Waals surface area contributed by atoms with E-state index in [9.17, 15) is 10.1 Å². The molecule has 0 atom stereocenters. The van der Waals surface area contributed by atoms with Crippen LogP contribution in [0.15, 0.2) is 41.2 Å². The summed E-state index contributed by atoms with van der Waals surface area (Å²) >= 11 is 0. The SMILES string of the molecule is CCc1nc(C)c2c(=O)n(CCCN3CCN(c4ccccc4C#N)CC3)c3ccc(OC)nc3n12. The van der Waals surface area contributed by atoms with Crippen LogP contribution in [0.4, 0.5) is 5.69 Å². The largest absolute Gasteiger partial charge is 0.481 e. The van der Waals surface area contributed by atoms with E-state index in [4.69, 9.17) is 9.72 Å². The number of para-hydroxylation sites is 1. The molecule has 0 amide bonds. The number of benzene rings is 1. The Kier molecular flexibility index (Phi) is 6.61. The number of methoxy groups -OCH3 is 1. The highest BCUT2D eigenvalue weighted by molar-refractivity contribution is 5.77. The molecule has 1 aliphatic heterocycles. The number of ether oxygens (including phenoxy) is 1. The topological polar surface area (TPSA) is 91.7 Å². The molecular formula is C27H31N7O2. The Balaban J connectivity index is 1.34. The van der Waals surface area contributed by atoms with Gasteiger partial charge in [0, 0.05) is 45.2 Å².